The molecule has 1 N–H and O–H groups in total. The molecule has 3 aromatic carbocycles. The van der Waals surface area contributed by atoms with Gasteiger partial charge in [0.1, 0.15) is 0 Å². The molecule has 3 rings (SSSR count). The van der Waals surface area contributed by atoms with Crippen molar-refractivity contribution in [1.29, 1.82) is 0 Å². The highest BCUT2D eigenvalue weighted by molar-refractivity contribution is 7.90. The summed E-state index contributed by atoms with van der Waals surface area (Å²) in [5, 5.41) is 4.97. The van der Waals surface area contributed by atoms with Crippen LogP contribution in [0.25, 0.3) is 10.8 Å². The van der Waals surface area contributed by atoms with Gasteiger partial charge < -0.3 is 10.1 Å². The Hall–Kier alpha value is -2.90. The van der Waals surface area contributed by atoms with Crippen molar-refractivity contribution in [3.8, 4) is 0 Å². The third kappa shape index (κ3) is 5.17. The van der Waals surface area contributed by atoms with Gasteiger partial charge in [0.05, 0.1) is 21.5 Å². The molecule has 0 heterocycles. The van der Waals surface area contributed by atoms with Crippen molar-refractivity contribution in [2.45, 2.75) is 17.9 Å². The molecule has 0 spiro atoms. The van der Waals surface area contributed by atoms with E-state index in [2.05, 4.69) is 5.32 Å². The molecule has 1 amide bonds. The number of hydrogen-bond acceptors (Lipinski definition) is 5. The van der Waals surface area contributed by atoms with Crippen LogP contribution in [0.15, 0.2) is 65.6 Å². The Kier molecular flexibility index (Phi) is 6.43. The number of esters is 1. The van der Waals surface area contributed by atoms with E-state index in [1.807, 2.05) is 49.4 Å². The first-order chi connectivity index (χ1) is 14.1. The Morgan fingerprint density at radius 2 is 1.73 bits per heavy atom. The van der Waals surface area contributed by atoms with E-state index in [9.17, 15) is 18.0 Å². The van der Waals surface area contributed by atoms with Crippen LogP contribution in [0.2, 0.25) is 5.02 Å². The molecule has 8 heteroatoms. The summed E-state index contributed by atoms with van der Waals surface area (Å²) in [4.78, 5) is 24.4. The second-order valence-corrected chi connectivity index (χ2v) is 9.31. The van der Waals surface area contributed by atoms with Crippen molar-refractivity contribution >= 4 is 44.1 Å². The van der Waals surface area contributed by atoms with Gasteiger partial charge in [-0.05, 0) is 47.5 Å². The van der Waals surface area contributed by atoms with Gasteiger partial charge in [-0.2, -0.15) is 0 Å². The summed E-state index contributed by atoms with van der Waals surface area (Å²) in [5.41, 5.74) is 0.798. The predicted molar refractivity (Wildman–Crippen MR) is 115 cm³/mol. The fourth-order valence-electron chi connectivity index (χ4n) is 2.94. The third-order valence-corrected chi connectivity index (χ3v) is 6.01. The van der Waals surface area contributed by atoms with Gasteiger partial charge in [-0.25, -0.2) is 13.2 Å². The minimum absolute atomic E-state index is 0.0392. The number of hydrogen-bond donors (Lipinski definition) is 1. The number of benzene rings is 3. The molecule has 0 aliphatic rings. The molecule has 1 atom stereocenters. The van der Waals surface area contributed by atoms with E-state index in [0.717, 1.165) is 28.7 Å². The molecule has 156 valence electrons. The number of fused-ring (bicyclic) bond motifs is 1. The van der Waals surface area contributed by atoms with Crippen LogP contribution in [0, 0.1) is 0 Å². The Balaban J connectivity index is 1.63. The van der Waals surface area contributed by atoms with Gasteiger partial charge in [-0.3, -0.25) is 4.79 Å². The van der Waals surface area contributed by atoms with Crippen LogP contribution >= 0.6 is 11.6 Å². The maximum Gasteiger partial charge on any atom is 0.340 e. The normalized spacial score (nSPS) is 12.4. The topological polar surface area (TPSA) is 89.5 Å². The number of carbonyl (C=O) groups is 2. The lowest BCUT2D eigenvalue weighted by molar-refractivity contribution is -0.124. The van der Waals surface area contributed by atoms with Crippen LogP contribution in [0.3, 0.4) is 0 Å². The van der Waals surface area contributed by atoms with E-state index in [1.165, 1.54) is 12.1 Å². The number of sulfone groups is 1. The summed E-state index contributed by atoms with van der Waals surface area (Å²) in [7, 11) is -3.51. The van der Waals surface area contributed by atoms with Crippen molar-refractivity contribution in [2.24, 2.45) is 0 Å². The van der Waals surface area contributed by atoms with E-state index < -0.39 is 28.3 Å². The Morgan fingerprint density at radius 1 is 1.03 bits per heavy atom. The molecule has 3 aromatic rings. The van der Waals surface area contributed by atoms with Crippen LogP contribution in [0.1, 0.15) is 28.9 Å². The molecule has 0 fully saturated rings. The van der Waals surface area contributed by atoms with Gasteiger partial charge in [0.2, 0.25) is 0 Å². The molecule has 0 aliphatic carbocycles. The zero-order chi connectivity index (χ0) is 21.9. The number of nitrogens with one attached hydrogen (secondary N) is 1. The van der Waals surface area contributed by atoms with E-state index in [0.29, 0.717) is 0 Å². The second kappa shape index (κ2) is 8.85. The average Bonchev–Trinajstić information content (AvgIpc) is 2.71. The standard InChI is InChI=1S/C22H20ClNO5S/c1-14(16-8-7-15-5-3-4-6-17(15)11-16)24-21(25)13-29-22(26)19-12-18(30(2,27)28)9-10-20(19)23/h3-12,14H,13H2,1-2H3,(H,24,25). The summed E-state index contributed by atoms with van der Waals surface area (Å²) in [5.74, 6) is -1.36. The lowest BCUT2D eigenvalue weighted by Crippen LogP contribution is -2.31. The van der Waals surface area contributed by atoms with E-state index in [1.54, 1.807) is 0 Å². The number of amides is 1. The SMILES string of the molecule is CC(NC(=O)COC(=O)c1cc(S(C)(=O)=O)ccc1Cl)c1ccc2ccccc2c1. The predicted octanol–water partition coefficient (Wildman–Crippen LogP) is 3.93. The molecular formula is C22H20ClNO5S. The fourth-order valence-corrected chi connectivity index (χ4v) is 3.79. The van der Waals surface area contributed by atoms with Crippen LogP contribution in [0.5, 0.6) is 0 Å². The van der Waals surface area contributed by atoms with Crippen molar-refractivity contribution in [3.05, 3.63) is 76.8 Å². The van der Waals surface area contributed by atoms with E-state index >= 15 is 0 Å². The first-order valence-electron chi connectivity index (χ1n) is 9.10. The summed E-state index contributed by atoms with van der Waals surface area (Å²) in [6, 6.07) is 17.2. The lowest BCUT2D eigenvalue weighted by atomic mass is 10.0. The van der Waals surface area contributed by atoms with Crippen LogP contribution in [0.4, 0.5) is 0 Å². The highest BCUT2D eigenvalue weighted by Gasteiger charge is 2.18. The van der Waals surface area contributed by atoms with Gasteiger partial charge in [0, 0.05) is 6.26 Å². The molecule has 0 saturated heterocycles. The molecule has 1 unspecified atom stereocenters. The maximum atomic E-state index is 12.3. The second-order valence-electron chi connectivity index (χ2n) is 6.89. The minimum Gasteiger partial charge on any atom is -0.452 e. The third-order valence-electron chi connectivity index (χ3n) is 4.57. The Bertz CT molecular complexity index is 1220. The van der Waals surface area contributed by atoms with Crippen LogP contribution in [-0.4, -0.2) is 33.2 Å². The number of carbonyl (C=O) groups excluding carboxylic acids is 2. The van der Waals surface area contributed by atoms with Crippen LogP contribution < -0.4 is 5.32 Å². The van der Waals surface area contributed by atoms with Crippen molar-refractivity contribution in [2.75, 3.05) is 12.9 Å². The van der Waals surface area contributed by atoms with Crippen molar-refractivity contribution < 1.29 is 22.7 Å². The van der Waals surface area contributed by atoms with Crippen molar-refractivity contribution in [3.63, 3.8) is 0 Å². The molecule has 0 aliphatic heterocycles. The monoisotopic (exact) mass is 445 g/mol. The molecule has 6 nitrogen and oxygen atoms in total. The first kappa shape index (κ1) is 21.8. The first-order valence-corrected chi connectivity index (χ1v) is 11.4. The highest BCUT2D eigenvalue weighted by atomic mass is 35.5. The van der Waals surface area contributed by atoms with Gasteiger partial charge in [0.15, 0.2) is 16.4 Å². The molecule has 0 radical (unpaired) electrons. The quantitative estimate of drug-likeness (QED) is 0.580. The summed E-state index contributed by atoms with van der Waals surface area (Å²) in [6.07, 6.45) is 1.02. The number of ether oxygens (including phenoxy) is 1. The lowest BCUT2D eigenvalue weighted by Gasteiger charge is -2.15. The van der Waals surface area contributed by atoms with E-state index in [-0.39, 0.29) is 21.5 Å². The van der Waals surface area contributed by atoms with Gasteiger partial charge >= 0.3 is 5.97 Å². The largest absolute Gasteiger partial charge is 0.452 e. The van der Waals surface area contributed by atoms with E-state index in [4.69, 9.17) is 16.3 Å². The zero-order valence-electron chi connectivity index (χ0n) is 16.4. The average molecular weight is 446 g/mol. The number of halogens is 1. The molecule has 0 saturated carbocycles. The van der Waals surface area contributed by atoms with Gasteiger partial charge in [0.25, 0.3) is 5.91 Å². The molecule has 0 aromatic heterocycles. The molecular weight excluding hydrogens is 426 g/mol. The summed E-state index contributed by atoms with van der Waals surface area (Å²) >= 11 is 5.97. The number of rotatable bonds is 6. The molecule has 30 heavy (non-hydrogen) atoms. The van der Waals surface area contributed by atoms with Gasteiger partial charge in [-0.1, -0.05) is 48.0 Å². The van der Waals surface area contributed by atoms with Crippen molar-refractivity contribution in [1.82, 2.24) is 5.32 Å². The highest BCUT2D eigenvalue weighted by Crippen LogP contribution is 2.22. The smallest absolute Gasteiger partial charge is 0.340 e. The Labute approximate surface area is 179 Å². The summed E-state index contributed by atoms with van der Waals surface area (Å²) < 4.78 is 28.3. The summed E-state index contributed by atoms with van der Waals surface area (Å²) in [6.45, 7) is 1.31. The molecule has 0 bridgehead atoms. The maximum absolute atomic E-state index is 12.3. The Morgan fingerprint density at radius 3 is 2.43 bits per heavy atom. The van der Waals surface area contributed by atoms with Crippen LogP contribution in [-0.2, 0) is 19.4 Å². The van der Waals surface area contributed by atoms with Gasteiger partial charge in [-0.15, -0.1) is 0 Å². The zero-order valence-corrected chi connectivity index (χ0v) is 18.0. The minimum atomic E-state index is -3.51. The fraction of sp³-hybridized carbons (Fsp3) is 0.182.